The van der Waals surface area contributed by atoms with Crippen molar-refractivity contribution in [2.45, 2.75) is 40.0 Å². The van der Waals surface area contributed by atoms with Gasteiger partial charge in [0.15, 0.2) is 11.5 Å². The molecule has 0 spiro atoms. The minimum Gasteiger partial charge on any atom is -0.337 e. The molecule has 0 aromatic carbocycles. The lowest BCUT2D eigenvalue weighted by atomic mass is 9.79. The van der Waals surface area contributed by atoms with Crippen LogP contribution in [0, 0.1) is 11.3 Å². The number of hydrogen-bond donors (Lipinski definition) is 2. The van der Waals surface area contributed by atoms with Crippen molar-refractivity contribution in [3.63, 3.8) is 0 Å². The van der Waals surface area contributed by atoms with Gasteiger partial charge in [-0.1, -0.05) is 20.8 Å². The van der Waals surface area contributed by atoms with Crippen molar-refractivity contribution < 1.29 is 9.59 Å². The molecule has 1 aromatic rings. The number of aromatic nitrogens is 3. The molecule has 2 aliphatic heterocycles. The second-order valence-corrected chi connectivity index (χ2v) is 7.80. The van der Waals surface area contributed by atoms with E-state index < -0.39 is 0 Å². The first-order valence-corrected chi connectivity index (χ1v) is 8.62. The molecule has 2 N–H and O–H groups in total. The summed E-state index contributed by atoms with van der Waals surface area (Å²) >= 11 is 0. The molecule has 0 saturated carbocycles. The second kappa shape index (κ2) is 6.41. The normalized spacial score (nSPS) is 23.4. The highest BCUT2D eigenvalue weighted by Gasteiger charge is 2.34. The summed E-state index contributed by atoms with van der Waals surface area (Å²) in [5, 5.41) is 13.1. The molecule has 1 atom stereocenters. The number of likely N-dealkylation sites (tertiary alicyclic amines) is 2. The molecule has 0 bridgehead atoms. The molecule has 1 unspecified atom stereocenters. The summed E-state index contributed by atoms with van der Waals surface area (Å²) in [6, 6.07) is -0.223. The third-order valence-electron chi connectivity index (χ3n) is 4.71. The SMILES string of the molecule is CC1CN(C(=O)Nc2n[nH]nc2C(=O)N2CCCC2)CC(C)(C)C1. The standard InChI is InChI=1S/C16H26N6O2/c1-11-8-16(2,3)10-22(9-11)15(24)17-13-12(18-20-19-13)14(23)21-6-4-5-7-21/h11H,4-10H2,1-3H3,(H2,17,18,19,20,24). The predicted octanol–water partition coefficient (Wildman–Crippen LogP) is 1.94. The molecule has 8 nitrogen and oxygen atoms in total. The van der Waals surface area contributed by atoms with Crippen molar-refractivity contribution in [2.75, 3.05) is 31.5 Å². The lowest BCUT2D eigenvalue weighted by Gasteiger charge is -2.41. The largest absolute Gasteiger partial charge is 0.337 e. The van der Waals surface area contributed by atoms with Gasteiger partial charge in [0.25, 0.3) is 5.91 Å². The summed E-state index contributed by atoms with van der Waals surface area (Å²) in [6.45, 7) is 9.36. The molecule has 132 valence electrons. The number of aromatic amines is 1. The summed E-state index contributed by atoms with van der Waals surface area (Å²) in [4.78, 5) is 28.6. The molecule has 24 heavy (non-hydrogen) atoms. The molecule has 3 amide bonds. The molecular weight excluding hydrogens is 308 g/mol. The maximum absolute atomic E-state index is 12.6. The van der Waals surface area contributed by atoms with Crippen LogP contribution in [-0.4, -0.2) is 63.3 Å². The maximum Gasteiger partial charge on any atom is 0.323 e. The molecule has 1 aromatic heterocycles. The van der Waals surface area contributed by atoms with Gasteiger partial charge >= 0.3 is 6.03 Å². The molecule has 2 saturated heterocycles. The zero-order valence-corrected chi connectivity index (χ0v) is 14.6. The van der Waals surface area contributed by atoms with Gasteiger partial charge in [0, 0.05) is 26.2 Å². The second-order valence-electron chi connectivity index (χ2n) is 7.80. The first-order valence-electron chi connectivity index (χ1n) is 8.62. The number of amides is 3. The lowest BCUT2D eigenvalue weighted by Crippen LogP contribution is -2.48. The maximum atomic E-state index is 12.6. The van der Waals surface area contributed by atoms with Crippen LogP contribution in [0.5, 0.6) is 0 Å². The van der Waals surface area contributed by atoms with Crippen LogP contribution in [0.1, 0.15) is 50.5 Å². The number of rotatable bonds is 2. The average Bonchev–Trinajstić information content (AvgIpc) is 3.15. The quantitative estimate of drug-likeness (QED) is 0.864. The van der Waals surface area contributed by atoms with E-state index >= 15 is 0 Å². The van der Waals surface area contributed by atoms with Gasteiger partial charge in [0.2, 0.25) is 0 Å². The van der Waals surface area contributed by atoms with Gasteiger partial charge in [-0.05, 0) is 30.6 Å². The summed E-state index contributed by atoms with van der Waals surface area (Å²) in [6.07, 6.45) is 3.11. The van der Waals surface area contributed by atoms with Crippen molar-refractivity contribution in [3.8, 4) is 0 Å². The minimum absolute atomic E-state index is 0.0903. The van der Waals surface area contributed by atoms with Crippen LogP contribution in [0.15, 0.2) is 0 Å². The predicted molar refractivity (Wildman–Crippen MR) is 89.7 cm³/mol. The van der Waals surface area contributed by atoms with Crippen LogP contribution in [0.2, 0.25) is 0 Å². The Morgan fingerprint density at radius 2 is 1.92 bits per heavy atom. The Labute approximate surface area is 142 Å². The number of hydrogen-bond acceptors (Lipinski definition) is 4. The third kappa shape index (κ3) is 3.52. The van der Waals surface area contributed by atoms with Gasteiger partial charge in [-0.15, -0.1) is 10.2 Å². The fourth-order valence-electron chi connectivity index (χ4n) is 3.90. The van der Waals surface area contributed by atoms with E-state index in [1.54, 1.807) is 9.80 Å². The molecule has 2 fully saturated rings. The highest BCUT2D eigenvalue weighted by molar-refractivity contribution is 6.00. The number of nitrogens with one attached hydrogen (secondary N) is 2. The number of urea groups is 1. The van der Waals surface area contributed by atoms with Crippen LogP contribution in [0.4, 0.5) is 10.6 Å². The van der Waals surface area contributed by atoms with E-state index in [0.29, 0.717) is 19.0 Å². The monoisotopic (exact) mass is 334 g/mol. The van der Waals surface area contributed by atoms with Crippen molar-refractivity contribution in [1.29, 1.82) is 0 Å². The van der Waals surface area contributed by atoms with Crippen molar-refractivity contribution >= 4 is 17.8 Å². The van der Waals surface area contributed by atoms with E-state index in [2.05, 4.69) is 41.5 Å². The average molecular weight is 334 g/mol. The third-order valence-corrected chi connectivity index (χ3v) is 4.71. The van der Waals surface area contributed by atoms with Gasteiger partial charge in [-0.25, -0.2) is 4.79 Å². The number of anilines is 1. The molecule has 3 heterocycles. The van der Waals surface area contributed by atoms with Gasteiger partial charge in [0.1, 0.15) is 0 Å². The molecule has 3 rings (SSSR count). The first-order chi connectivity index (χ1) is 11.4. The Balaban J connectivity index is 1.69. The minimum atomic E-state index is -0.223. The number of piperidine rings is 1. The lowest BCUT2D eigenvalue weighted by molar-refractivity contribution is 0.0788. The van der Waals surface area contributed by atoms with Crippen LogP contribution in [0.25, 0.3) is 0 Å². The number of carbonyl (C=O) groups excluding carboxylic acids is 2. The van der Waals surface area contributed by atoms with Crippen LogP contribution in [0.3, 0.4) is 0 Å². The van der Waals surface area contributed by atoms with Crippen LogP contribution in [-0.2, 0) is 0 Å². The number of H-pyrrole nitrogens is 1. The molecule has 8 heteroatoms. The van der Waals surface area contributed by atoms with E-state index in [0.717, 1.165) is 32.4 Å². The first kappa shape index (κ1) is 16.7. The fourth-order valence-corrected chi connectivity index (χ4v) is 3.90. The van der Waals surface area contributed by atoms with Crippen molar-refractivity contribution in [1.82, 2.24) is 25.2 Å². The summed E-state index contributed by atoms with van der Waals surface area (Å²) < 4.78 is 0. The van der Waals surface area contributed by atoms with Crippen molar-refractivity contribution in [2.24, 2.45) is 11.3 Å². The zero-order chi connectivity index (χ0) is 17.3. The molecular formula is C16H26N6O2. The van der Waals surface area contributed by atoms with E-state index in [1.165, 1.54) is 0 Å². The van der Waals surface area contributed by atoms with Gasteiger partial charge in [-0.3, -0.25) is 10.1 Å². The fraction of sp³-hybridized carbons (Fsp3) is 0.750. The number of carbonyl (C=O) groups is 2. The van der Waals surface area contributed by atoms with Gasteiger partial charge in [-0.2, -0.15) is 5.21 Å². The Kier molecular flexibility index (Phi) is 4.47. The number of nitrogens with zero attached hydrogens (tertiary/aromatic N) is 4. The molecule has 0 radical (unpaired) electrons. The smallest absolute Gasteiger partial charge is 0.323 e. The van der Waals surface area contributed by atoms with E-state index in [4.69, 9.17) is 0 Å². The molecule has 2 aliphatic rings. The highest BCUT2D eigenvalue weighted by atomic mass is 16.2. The summed E-state index contributed by atoms with van der Waals surface area (Å²) in [5.74, 6) is 0.485. The molecule has 0 aliphatic carbocycles. The van der Waals surface area contributed by atoms with Gasteiger partial charge in [0.05, 0.1) is 0 Å². The van der Waals surface area contributed by atoms with Gasteiger partial charge < -0.3 is 9.80 Å². The Hall–Kier alpha value is -2.12. The highest BCUT2D eigenvalue weighted by Crippen LogP contribution is 2.32. The van der Waals surface area contributed by atoms with E-state index in [-0.39, 0.29) is 28.9 Å². The summed E-state index contributed by atoms with van der Waals surface area (Å²) in [5.41, 5.74) is 0.280. The van der Waals surface area contributed by atoms with Crippen LogP contribution < -0.4 is 5.32 Å². The Morgan fingerprint density at radius 3 is 2.58 bits per heavy atom. The topological polar surface area (TPSA) is 94.2 Å². The Morgan fingerprint density at radius 1 is 1.21 bits per heavy atom. The zero-order valence-electron chi connectivity index (χ0n) is 14.6. The van der Waals surface area contributed by atoms with E-state index in [1.807, 2.05) is 0 Å². The van der Waals surface area contributed by atoms with Crippen LogP contribution >= 0.6 is 0 Å². The Bertz CT molecular complexity index is 620. The van der Waals surface area contributed by atoms with E-state index in [9.17, 15) is 9.59 Å². The summed E-state index contributed by atoms with van der Waals surface area (Å²) in [7, 11) is 0. The van der Waals surface area contributed by atoms with Crippen molar-refractivity contribution in [3.05, 3.63) is 5.69 Å².